The molecule has 1 amide bonds. The number of rotatable bonds is 5. The molecule has 0 bridgehead atoms. The van der Waals surface area contributed by atoms with E-state index >= 15 is 0 Å². The summed E-state index contributed by atoms with van der Waals surface area (Å²) in [4.78, 5) is 21.9. The molecule has 8 heteroatoms. The van der Waals surface area contributed by atoms with Crippen molar-refractivity contribution in [3.8, 4) is 0 Å². The molecule has 0 spiro atoms. The van der Waals surface area contributed by atoms with Crippen molar-refractivity contribution >= 4 is 40.0 Å². The number of benzene rings is 1. The number of hydrogen-bond donors (Lipinski definition) is 1. The van der Waals surface area contributed by atoms with Crippen LogP contribution in [0.3, 0.4) is 0 Å². The third-order valence-electron chi connectivity index (χ3n) is 3.23. The predicted octanol–water partition coefficient (Wildman–Crippen LogP) is 3.65. The van der Waals surface area contributed by atoms with Gasteiger partial charge in [0.1, 0.15) is 0 Å². The minimum Gasteiger partial charge on any atom is -0.340 e. The number of aromatic amines is 1. The van der Waals surface area contributed by atoms with Gasteiger partial charge in [-0.1, -0.05) is 17.8 Å². The summed E-state index contributed by atoms with van der Waals surface area (Å²) in [7, 11) is 1.74. The standard InChI is InChI=1S/C15H13F2N3OS2/c1-20(7-9-3-2-4-22-9)14(21)8-23-15-18-12-5-10(16)11(17)6-13(12)19-15/h2-6H,7-8H2,1H3,(H,18,19). The van der Waals surface area contributed by atoms with E-state index in [9.17, 15) is 13.6 Å². The molecule has 23 heavy (non-hydrogen) atoms. The lowest BCUT2D eigenvalue weighted by Crippen LogP contribution is -2.27. The molecule has 2 aromatic heterocycles. The van der Waals surface area contributed by atoms with Gasteiger partial charge in [0.05, 0.1) is 23.3 Å². The molecule has 0 fully saturated rings. The van der Waals surface area contributed by atoms with Gasteiger partial charge in [-0.3, -0.25) is 4.79 Å². The van der Waals surface area contributed by atoms with Gasteiger partial charge in [0, 0.05) is 24.1 Å². The second kappa shape index (κ2) is 6.67. The van der Waals surface area contributed by atoms with E-state index in [4.69, 9.17) is 0 Å². The quantitative estimate of drug-likeness (QED) is 0.712. The first-order valence-electron chi connectivity index (χ1n) is 6.77. The van der Waals surface area contributed by atoms with Crippen molar-refractivity contribution in [2.45, 2.75) is 11.7 Å². The normalized spacial score (nSPS) is 11.1. The summed E-state index contributed by atoms with van der Waals surface area (Å²) in [5.74, 6) is -1.70. The van der Waals surface area contributed by atoms with Crippen molar-refractivity contribution in [1.29, 1.82) is 0 Å². The van der Waals surface area contributed by atoms with Crippen LogP contribution >= 0.6 is 23.1 Å². The van der Waals surface area contributed by atoms with Crippen LogP contribution in [0, 0.1) is 11.6 Å². The number of H-pyrrole nitrogens is 1. The number of thiophene rings is 1. The van der Waals surface area contributed by atoms with E-state index in [2.05, 4.69) is 9.97 Å². The van der Waals surface area contributed by atoms with E-state index in [-0.39, 0.29) is 11.7 Å². The van der Waals surface area contributed by atoms with Crippen molar-refractivity contribution in [3.63, 3.8) is 0 Å². The molecular weight excluding hydrogens is 340 g/mol. The molecule has 4 nitrogen and oxygen atoms in total. The number of carbonyl (C=O) groups excluding carboxylic acids is 1. The van der Waals surface area contributed by atoms with E-state index in [0.29, 0.717) is 22.7 Å². The molecule has 1 aromatic carbocycles. The number of nitrogens with zero attached hydrogens (tertiary/aromatic N) is 2. The average molecular weight is 353 g/mol. The van der Waals surface area contributed by atoms with E-state index in [1.807, 2.05) is 17.5 Å². The number of hydrogen-bond acceptors (Lipinski definition) is 4. The molecule has 3 aromatic rings. The van der Waals surface area contributed by atoms with Crippen LogP contribution in [0.1, 0.15) is 4.88 Å². The third-order valence-corrected chi connectivity index (χ3v) is 4.95. The summed E-state index contributed by atoms with van der Waals surface area (Å²) < 4.78 is 26.3. The zero-order valence-electron chi connectivity index (χ0n) is 12.2. The molecule has 0 atom stereocenters. The Hall–Kier alpha value is -1.93. The highest BCUT2D eigenvalue weighted by Gasteiger charge is 2.13. The van der Waals surface area contributed by atoms with Crippen LogP contribution in [0.5, 0.6) is 0 Å². The van der Waals surface area contributed by atoms with E-state index < -0.39 is 11.6 Å². The fraction of sp³-hybridized carbons (Fsp3) is 0.200. The molecule has 0 aliphatic heterocycles. The number of halogens is 2. The van der Waals surface area contributed by atoms with Gasteiger partial charge in [0.25, 0.3) is 0 Å². The maximum Gasteiger partial charge on any atom is 0.233 e. The van der Waals surface area contributed by atoms with Gasteiger partial charge in [0.2, 0.25) is 5.91 Å². The summed E-state index contributed by atoms with van der Waals surface area (Å²) in [6, 6.07) is 6.02. The Bertz CT molecular complexity index is 794. The number of amides is 1. The van der Waals surface area contributed by atoms with Crippen LogP contribution < -0.4 is 0 Å². The lowest BCUT2D eigenvalue weighted by Gasteiger charge is -2.15. The largest absolute Gasteiger partial charge is 0.340 e. The van der Waals surface area contributed by atoms with Crippen molar-refractivity contribution in [3.05, 3.63) is 46.2 Å². The molecular formula is C15H13F2N3OS2. The van der Waals surface area contributed by atoms with Gasteiger partial charge in [-0.15, -0.1) is 11.3 Å². The molecule has 0 aliphatic rings. The number of fused-ring (bicyclic) bond motifs is 1. The van der Waals surface area contributed by atoms with Crippen molar-refractivity contribution in [2.24, 2.45) is 0 Å². The molecule has 0 radical (unpaired) electrons. The number of carbonyl (C=O) groups is 1. The molecule has 0 saturated heterocycles. The Balaban J connectivity index is 1.62. The second-order valence-corrected chi connectivity index (χ2v) is 6.94. The maximum atomic E-state index is 13.2. The van der Waals surface area contributed by atoms with Crippen LogP contribution in [-0.4, -0.2) is 33.6 Å². The molecule has 0 unspecified atom stereocenters. The highest BCUT2D eigenvalue weighted by Crippen LogP contribution is 2.22. The molecule has 120 valence electrons. The lowest BCUT2D eigenvalue weighted by molar-refractivity contribution is -0.127. The van der Waals surface area contributed by atoms with Crippen molar-refractivity contribution in [1.82, 2.24) is 14.9 Å². The fourth-order valence-corrected chi connectivity index (χ4v) is 3.60. The predicted molar refractivity (Wildman–Crippen MR) is 87.5 cm³/mol. The van der Waals surface area contributed by atoms with Gasteiger partial charge in [-0.2, -0.15) is 0 Å². The zero-order chi connectivity index (χ0) is 16.4. The Morgan fingerprint density at radius 2 is 2.17 bits per heavy atom. The van der Waals surface area contributed by atoms with Crippen molar-refractivity contribution < 1.29 is 13.6 Å². The maximum absolute atomic E-state index is 13.2. The van der Waals surface area contributed by atoms with Crippen molar-refractivity contribution in [2.75, 3.05) is 12.8 Å². The smallest absolute Gasteiger partial charge is 0.233 e. The van der Waals surface area contributed by atoms with Gasteiger partial charge in [-0.25, -0.2) is 13.8 Å². The number of aromatic nitrogens is 2. The Morgan fingerprint density at radius 3 is 2.91 bits per heavy atom. The molecule has 2 heterocycles. The van der Waals surface area contributed by atoms with E-state index in [1.54, 1.807) is 23.3 Å². The first-order chi connectivity index (χ1) is 11.0. The fourth-order valence-electron chi connectivity index (χ4n) is 2.01. The Morgan fingerprint density at radius 1 is 1.39 bits per heavy atom. The second-order valence-electron chi connectivity index (χ2n) is 4.94. The highest BCUT2D eigenvalue weighted by atomic mass is 32.2. The van der Waals surface area contributed by atoms with Gasteiger partial charge < -0.3 is 9.88 Å². The lowest BCUT2D eigenvalue weighted by atomic mass is 10.3. The topological polar surface area (TPSA) is 49.0 Å². The minimum atomic E-state index is -0.938. The van der Waals surface area contributed by atoms with Gasteiger partial charge >= 0.3 is 0 Å². The summed E-state index contributed by atoms with van der Waals surface area (Å²) in [5, 5.41) is 2.43. The SMILES string of the molecule is CN(Cc1cccs1)C(=O)CSc1nc2cc(F)c(F)cc2[nH]1. The van der Waals surface area contributed by atoms with Gasteiger partial charge in [-0.05, 0) is 11.4 Å². The highest BCUT2D eigenvalue weighted by molar-refractivity contribution is 7.99. The van der Waals surface area contributed by atoms with E-state index in [0.717, 1.165) is 17.0 Å². The zero-order valence-corrected chi connectivity index (χ0v) is 13.8. The van der Waals surface area contributed by atoms with E-state index in [1.165, 1.54) is 11.8 Å². The summed E-state index contributed by atoms with van der Waals surface area (Å²) in [6.45, 7) is 0.563. The van der Waals surface area contributed by atoms with Crippen LogP contribution in [-0.2, 0) is 11.3 Å². The summed E-state index contributed by atoms with van der Waals surface area (Å²) >= 11 is 2.81. The third kappa shape index (κ3) is 3.70. The molecule has 3 rings (SSSR count). The first kappa shape index (κ1) is 15.9. The van der Waals surface area contributed by atoms with Crippen LogP contribution in [0.25, 0.3) is 11.0 Å². The Kier molecular flexibility index (Phi) is 4.63. The molecule has 1 N–H and O–H groups in total. The summed E-state index contributed by atoms with van der Waals surface area (Å²) in [5.41, 5.74) is 0.747. The number of imidazole rings is 1. The Labute approximate surface area is 139 Å². The number of thioether (sulfide) groups is 1. The molecule has 0 saturated carbocycles. The monoisotopic (exact) mass is 353 g/mol. The number of nitrogens with one attached hydrogen (secondary N) is 1. The van der Waals surface area contributed by atoms with Gasteiger partial charge in [0.15, 0.2) is 16.8 Å². The minimum absolute atomic E-state index is 0.0405. The van der Waals surface area contributed by atoms with Crippen LogP contribution in [0.2, 0.25) is 0 Å². The van der Waals surface area contributed by atoms with Crippen LogP contribution in [0.4, 0.5) is 8.78 Å². The summed E-state index contributed by atoms with van der Waals surface area (Å²) in [6.07, 6.45) is 0. The van der Waals surface area contributed by atoms with Crippen LogP contribution in [0.15, 0.2) is 34.8 Å². The molecule has 0 aliphatic carbocycles. The average Bonchev–Trinajstić information content (AvgIpc) is 3.14. The first-order valence-corrected chi connectivity index (χ1v) is 8.63.